The van der Waals surface area contributed by atoms with Crippen molar-refractivity contribution in [1.82, 2.24) is 0 Å². The Labute approximate surface area is 121 Å². The molecule has 0 atom stereocenters. The summed E-state index contributed by atoms with van der Waals surface area (Å²) in [5.74, 6) is -0.0298. The largest absolute Gasteiger partial charge is 0.399 e. The van der Waals surface area contributed by atoms with E-state index in [1.54, 1.807) is 36.4 Å². The van der Waals surface area contributed by atoms with Crippen molar-refractivity contribution in [2.45, 2.75) is 0 Å². The summed E-state index contributed by atoms with van der Waals surface area (Å²) in [7, 11) is 0. The highest BCUT2D eigenvalue weighted by atomic mass is 35.5. The van der Waals surface area contributed by atoms with E-state index in [1.807, 2.05) is 24.3 Å². The van der Waals surface area contributed by atoms with Gasteiger partial charge in [0.05, 0.1) is 0 Å². The number of carbonyl (C=O) groups is 1. The maximum absolute atomic E-state index is 12.6. The molecule has 0 aliphatic rings. The second-order valence-corrected chi connectivity index (χ2v) is 5.00. The highest BCUT2D eigenvalue weighted by Gasteiger charge is 2.13. The van der Waals surface area contributed by atoms with Gasteiger partial charge in [0.25, 0.3) is 0 Å². The van der Waals surface area contributed by atoms with Crippen LogP contribution in [0.2, 0.25) is 5.02 Å². The number of anilines is 1. The molecule has 0 unspecified atom stereocenters. The first-order chi connectivity index (χ1) is 9.66. The first-order valence-corrected chi connectivity index (χ1v) is 6.62. The average molecular weight is 282 g/mol. The zero-order valence-corrected chi connectivity index (χ0v) is 11.4. The summed E-state index contributed by atoms with van der Waals surface area (Å²) in [4.78, 5) is 12.6. The minimum atomic E-state index is -0.0298. The lowest BCUT2D eigenvalue weighted by atomic mass is 9.97. The Bertz CT molecular complexity index is 794. The van der Waals surface area contributed by atoms with Crippen LogP contribution in [0.1, 0.15) is 15.9 Å². The van der Waals surface area contributed by atoms with Crippen molar-refractivity contribution in [2.24, 2.45) is 0 Å². The molecule has 3 aromatic rings. The van der Waals surface area contributed by atoms with E-state index in [-0.39, 0.29) is 5.78 Å². The molecule has 0 saturated heterocycles. The van der Waals surface area contributed by atoms with Crippen LogP contribution in [0, 0.1) is 0 Å². The summed E-state index contributed by atoms with van der Waals surface area (Å²) in [5, 5.41) is 2.40. The molecular weight excluding hydrogens is 270 g/mol. The summed E-state index contributed by atoms with van der Waals surface area (Å²) in [6.07, 6.45) is 0. The SMILES string of the molecule is Nc1ccc(C(=O)c2ccc(Cl)c3ccccc23)cc1. The van der Waals surface area contributed by atoms with E-state index < -0.39 is 0 Å². The van der Waals surface area contributed by atoms with Crippen LogP contribution < -0.4 is 5.73 Å². The second kappa shape index (κ2) is 4.99. The van der Waals surface area contributed by atoms with E-state index in [4.69, 9.17) is 17.3 Å². The van der Waals surface area contributed by atoms with Crippen LogP contribution in [0.3, 0.4) is 0 Å². The lowest BCUT2D eigenvalue weighted by Gasteiger charge is -2.07. The van der Waals surface area contributed by atoms with E-state index in [2.05, 4.69) is 0 Å². The van der Waals surface area contributed by atoms with Gasteiger partial charge in [-0.2, -0.15) is 0 Å². The van der Waals surface area contributed by atoms with E-state index in [9.17, 15) is 4.79 Å². The van der Waals surface area contributed by atoms with Crippen molar-refractivity contribution in [3.8, 4) is 0 Å². The maximum atomic E-state index is 12.6. The number of halogens is 1. The number of nitrogens with two attached hydrogens (primary N) is 1. The van der Waals surface area contributed by atoms with Crippen LogP contribution in [-0.4, -0.2) is 5.78 Å². The molecule has 0 heterocycles. The molecule has 3 aromatic carbocycles. The smallest absolute Gasteiger partial charge is 0.193 e. The van der Waals surface area contributed by atoms with Gasteiger partial charge in [-0.1, -0.05) is 35.9 Å². The predicted molar refractivity (Wildman–Crippen MR) is 83.2 cm³/mol. The standard InChI is InChI=1S/C17H12ClNO/c18-16-10-9-15(13-3-1-2-4-14(13)16)17(20)11-5-7-12(19)8-6-11/h1-10H,19H2. The lowest BCUT2D eigenvalue weighted by Crippen LogP contribution is -2.02. The third-order valence-electron chi connectivity index (χ3n) is 3.29. The Balaban J connectivity index is 2.17. The van der Waals surface area contributed by atoms with Gasteiger partial charge in [-0.3, -0.25) is 4.79 Å². The molecule has 2 N–H and O–H groups in total. The van der Waals surface area contributed by atoms with Crippen molar-refractivity contribution >= 4 is 33.8 Å². The molecule has 0 fully saturated rings. The Morgan fingerprint density at radius 2 is 1.50 bits per heavy atom. The number of hydrogen-bond donors (Lipinski definition) is 1. The molecule has 0 bridgehead atoms. The highest BCUT2D eigenvalue weighted by Crippen LogP contribution is 2.28. The molecule has 20 heavy (non-hydrogen) atoms. The Morgan fingerprint density at radius 3 is 2.20 bits per heavy atom. The first kappa shape index (κ1) is 12.7. The third kappa shape index (κ3) is 2.15. The minimum Gasteiger partial charge on any atom is -0.399 e. The van der Waals surface area contributed by atoms with E-state index in [0.717, 1.165) is 10.8 Å². The number of carbonyl (C=O) groups excluding carboxylic acids is 1. The number of hydrogen-bond acceptors (Lipinski definition) is 2. The highest BCUT2D eigenvalue weighted by molar-refractivity contribution is 6.36. The number of ketones is 1. The Morgan fingerprint density at radius 1 is 0.850 bits per heavy atom. The van der Waals surface area contributed by atoms with E-state index in [1.165, 1.54) is 0 Å². The lowest BCUT2D eigenvalue weighted by molar-refractivity contribution is 0.104. The van der Waals surface area contributed by atoms with Crippen molar-refractivity contribution < 1.29 is 4.79 Å². The van der Waals surface area contributed by atoms with Gasteiger partial charge in [-0.25, -0.2) is 0 Å². The van der Waals surface area contributed by atoms with Crippen molar-refractivity contribution in [1.29, 1.82) is 0 Å². The normalized spacial score (nSPS) is 10.7. The second-order valence-electron chi connectivity index (χ2n) is 4.59. The molecule has 0 aliphatic heterocycles. The Kier molecular flexibility index (Phi) is 3.17. The van der Waals surface area contributed by atoms with E-state index >= 15 is 0 Å². The summed E-state index contributed by atoms with van der Waals surface area (Å²) < 4.78 is 0. The number of benzene rings is 3. The van der Waals surface area contributed by atoms with Gasteiger partial charge >= 0.3 is 0 Å². The summed E-state index contributed by atoms with van der Waals surface area (Å²) >= 11 is 6.17. The molecule has 98 valence electrons. The maximum Gasteiger partial charge on any atom is 0.193 e. The Hall–Kier alpha value is -2.32. The fourth-order valence-corrected chi connectivity index (χ4v) is 2.48. The van der Waals surface area contributed by atoms with Crippen molar-refractivity contribution in [3.63, 3.8) is 0 Å². The van der Waals surface area contributed by atoms with Crippen LogP contribution in [-0.2, 0) is 0 Å². The number of rotatable bonds is 2. The van der Waals surface area contributed by atoms with Crippen molar-refractivity contribution in [2.75, 3.05) is 5.73 Å². The molecule has 0 saturated carbocycles. The molecular formula is C17H12ClNO. The van der Waals surface area contributed by atoms with Crippen molar-refractivity contribution in [3.05, 3.63) is 76.8 Å². The molecule has 3 heteroatoms. The molecule has 0 aliphatic carbocycles. The van der Waals surface area contributed by atoms with Gasteiger partial charge in [0.15, 0.2) is 5.78 Å². The van der Waals surface area contributed by atoms with Gasteiger partial charge in [0, 0.05) is 27.2 Å². The summed E-state index contributed by atoms with van der Waals surface area (Å²) in [6.45, 7) is 0. The zero-order valence-electron chi connectivity index (χ0n) is 10.6. The molecule has 0 amide bonds. The van der Waals surface area contributed by atoms with Crippen LogP contribution in [0.25, 0.3) is 10.8 Å². The first-order valence-electron chi connectivity index (χ1n) is 6.24. The van der Waals surface area contributed by atoms with Gasteiger partial charge in [-0.05, 0) is 41.8 Å². The van der Waals surface area contributed by atoms with Crippen LogP contribution in [0.4, 0.5) is 5.69 Å². The summed E-state index contributed by atoms with van der Waals surface area (Å²) in [5.41, 5.74) is 7.55. The minimum absolute atomic E-state index is 0.0298. The van der Waals surface area contributed by atoms with Crippen LogP contribution in [0.5, 0.6) is 0 Å². The van der Waals surface area contributed by atoms with Gasteiger partial charge in [0.1, 0.15) is 0 Å². The summed E-state index contributed by atoms with van der Waals surface area (Å²) in [6, 6.07) is 18.1. The molecule has 0 aromatic heterocycles. The number of fused-ring (bicyclic) bond motifs is 1. The van der Waals surface area contributed by atoms with E-state index in [0.29, 0.717) is 21.8 Å². The van der Waals surface area contributed by atoms with Gasteiger partial charge < -0.3 is 5.73 Å². The predicted octanol–water partition coefficient (Wildman–Crippen LogP) is 4.31. The molecule has 3 rings (SSSR count). The molecule has 2 nitrogen and oxygen atoms in total. The fourth-order valence-electron chi connectivity index (χ4n) is 2.25. The molecule has 0 spiro atoms. The topological polar surface area (TPSA) is 43.1 Å². The third-order valence-corrected chi connectivity index (χ3v) is 3.62. The average Bonchev–Trinajstić information content (AvgIpc) is 2.48. The molecule has 0 radical (unpaired) electrons. The quantitative estimate of drug-likeness (QED) is 0.562. The fraction of sp³-hybridized carbons (Fsp3) is 0. The van der Waals surface area contributed by atoms with Crippen LogP contribution >= 0.6 is 11.6 Å². The number of nitrogen functional groups attached to an aromatic ring is 1. The van der Waals surface area contributed by atoms with Gasteiger partial charge in [0.2, 0.25) is 0 Å². The van der Waals surface area contributed by atoms with Gasteiger partial charge in [-0.15, -0.1) is 0 Å². The zero-order chi connectivity index (χ0) is 14.1. The monoisotopic (exact) mass is 281 g/mol. The van der Waals surface area contributed by atoms with Crippen LogP contribution in [0.15, 0.2) is 60.7 Å².